The molecule has 244 valence electrons. The second-order valence-electron chi connectivity index (χ2n) is 12.4. The van der Waals surface area contributed by atoms with Crippen molar-refractivity contribution in [1.29, 1.82) is 0 Å². The SMILES string of the molecule is CCOC(=O)[C@]12CC(=O)N3C[C@@H](Oc4cc(-c5nc(C)cs5)nc5c(Cl)c(OC)ccc45)C[C@H]3C(=O)N(C)CCCC/C=C\[C@@H]1C2. The molecular weight excluding hydrogens is 628 g/mol. The lowest BCUT2D eigenvalue weighted by atomic mass is 9.97. The number of allylic oxidation sites excluding steroid dienone is 2. The van der Waals surface area contributed by atoms with Crippen LogP contribution in [0.25, 0.3) is 21.6 Å². The number of fused-ring (bicyclic) bond motifs is 3. The summed E-state index contributed by atoms with van der Waals surface area (Å²) in [6.45, 7) is 4.73. The number of aromatic nitrogens is 2. The number of rotatable bonds is 6. The van der Waals surface area contributed by atoms with Gasteiger partial charge in [-0.1, -0.05) is 23.8 Å². The fourth-order valence-corrected chi connectivity index (χ4v) is 7.64. The second kappa shape index (κ2) is 13.2. The molecule has 0 bridgehead atoms. The number of amides is 2. The van der Waals surface area contributed by atoms with Gasteiger partial charge in [0.15, 0.2) is 0 Å². The number of thiazole rings is 1. The van der Waals surface area contributed by atoms with Gasteiger partial charge in [-0.05, 0) is 57.6 Å². The molecule has 1 aromatic carbocycles. The van der Waals surface area contributed by atoms with Crippen molar-refractivity contribution in [2.75, 3.05) is 33.9 Å². The predicted molar refractivity (Wildman–Crippen MR) is 176 cm³/mol. The summed E-state index contributed by atoms with van der Waals surface area (Å²) in [6.07, 6.45) is 7.15. The third-order valence-electron chi connectivity index (χ3n) is 9.21. The summed E-state index contributed by atoms with van der Waals surface area (Å²) in [6, 6.07) is 4.73. The van der Waals surface area contributed by atoms with Crippen LogP contribution in [-0.2, 0) is 19.1 Å². The standard InChI is InChI=1S/C34H39ClN4O6S/c1-5-44-33(42)34-16-21(34)10-8-6-7-9-13-38(3)32(41)25-14-22(18-39(25)28(40)17-34)45-27-15-24(31-36-20(2)19-46-31)37-30-23(27)11-12-26(43-4)29(30)35/h8,10-12,15,19,21-22,25H,5-7,9,13-14,16-18H2,1-4H3/b10-8-/t21-,22+,25+,34-/m1/s1. The Morgan fingerprint density at radius 3 is 2.76 bits per heavy atom. The molecule has 2 fully saturated rings. The fourth-order valence-electron chi connectivity index (χ4n) is 6.60. The Morgan fingerprint density at radius 1 is 1.20 bits per heavy atom. The van der Waals surface area contributed by atoms with Crippen LogP contribution >= 0.6 is 22.9 Å². The maximum Gasteiger partial charge on any atom is 0.313 e. The number of likely N-dealkylation sites (N-methyl/N-ethyl adjacent to an activating group) is 1. The molecule has 2 aromatic heterocycles. The highest BCUT2D eigenvalue weighted by Crippen LogP contribution is 2.57. The van der Waals surface area contributed by atoms with Crippen molar-refractivity contribution in [3.8, 4) is 22.2 Å². The molecule has 2 amide bonds. The first-order valence-electron chi connectivity index (χ1n) is 15.8. The molecule has 0 N–H and O–H groups in total. The van der Waals surface area contributed by atoms with Crippen LogP contribution in [0.5, 0.6) is 11.5 Å². The number of nitrogens with zero attached hydrogens (tertiary/aromatic N) is 4. The van der Waals surface area contributed by atoms with Gasteiger partial charge in [-0.15, -0.1) is 11.3 Å². The number of hydrogen-bond donors (Lipinski definition) is 0. The van der Waals surface area contributed by atoms with E-state index >= 15 is 0 Å². The Bertz CT molecular complexity index is 1690. The Balaban J connectivity index is 1.34. The lowest BCUT2D eigenvalue weighted by Crippen LogP contribution is -2.47. The molecule has 2 aliphatic heterocycles. The Kier molecular flexibility index (Phi) is 9.25. The number of ether oxygens (including phenoxy) is 3. The van der Waals surface area contributed by atoms with Crippen LogP contribution < -0.4 is 9.47 Å². The molecule has 4 atom stereocenters. The minimum absolute atomic E-state index is 0.0117. The van der Waals surface area contributed by atoms with Gasteiger partial charge in [-0.2, -0.15) is 0 Å². The van der Waals surface area contributed by atoms with Gasteiger partial charge >= 0.3 is 5.97 Å². The van der Waals surface area contributed by atoms with Gasteiger partial charge in [0.05, 0.1) is 31.2 Å². The molecule has 10 nitrogen and oxygen atoms in total. The maximum absolute atomic E-state index is 14.1. The quantitative estimate of drug-likeness (QED) is 0.239. The van der Waals surface area contributed by atoms with E-state index in [4.69, 9.17) is 30.8 Å². The van der Waals surface area contributed by atoms with Gasteiger partial charge in [0.2, 0.25) is 11.8 Å². The van der Waals surface area contributed by atoms with Crippen molar-refractivity contribution in [1.82, 2.24) is 19.8 Å². The van der Waals surface area contributed by atoms with Crippen LogP contribution in [0.15, 0.2) is 35.7 Å². The van der Waals surface area contributed by atoms with E-state index < -0.39 is 17.6 Å². The molecule has 1 aliphatic carbocycles. The molecule has 0 unspecified atom stereocenters. The predicted octanol–water partition coefficient (Wildman–Crippen LogP) is 5.84. The van der Waals surface area contributed by atoms with E-state index in [0.29, 0.717) is 52.5 Å². The number of aryl methyl sites for hydroxylation is 1. The molecule has 3 aliphatic rings. The van der Waals surface area contributed by atoms with E-state index in [0.717, 1.165) is 30.0 Å². The van der Waals surface area contributed by atoms with Gasteiger partial charge in [-0.25, -0.2) is 9.97 Å². The number of carbonyl (C=O) groups excluding carboxylic acids is 3. The third-order valence-corrected chi connectivity index (χ3v) is 10.6. The first-order valence-corrected chi connectivity index (χ1v) is 17.1. The molecule has 1 saturated heterocycles. The van der Waals surface area contributed by atoms with Crippen LogP contribution in [0, 0.1) is 18.3 Å². The first kappa shape index (κ1) is 32.2. The van der Waals surface area contributed by atoms with Crippen molar-refractivity contribution in [3.05, 3.63) is 46.4 Å². The van der Waals surface area contributed by atoms with Gasteiger partial charge < -0.3 is 24.0 Å². The Morgan fingerprint density at radius 2 is 2.02 bits per heavy atom. The number of esters is 1. The summed E-state index contributed by atoms with van der Waals surface area (Å²) < 4.78 is 17.6. The lowest BCUT2D eigenvalue weighted by molar-refractivity contribution is -0.154. The van der Waals surface area contributed by atoms with Crippen molar-refractivity contribution < 1.29 is 28.6 Å². The molecule has 0 spiro atoms. The van der Waals surface area contributed by atoms with Gasteiger partial charge in [0, 0.05) is 49.0 Å². The van der Waals surface area contributed by atoms with Crippen LogP contribution in [0.4, 0.5) is 0 Å². The van der Waals surface area contributed by atoms with Crippen LogP contribution in [0.1, 0.15) is 51.1 Å². The minimum atomic E-state index is -0.899. The minimum Gasteiger partial charge on any atom is -0.495 e. The second-order valence-corrected chi connectivity index (χ2v) is 13.6. The van der Waals surface area contributed by atoms with E-state index in [1.165, 1.54) is 11.3 Å². The lowest BCUT2D eigenvalue weighted by Gasteiger charge is -2.29. The van der Waals surface area contributed by atoms with E-state index in [-0.39, 0.29) is 43.3 Å². The largest absolute Gasteiger partial charge is 0.495 e. The topological polar surface area (TPSA) is 111 Å². The molecule has 0 radical (unpaired) electrons. The highest BCUT2D eigenvalue weighted by atomic mass is 35.5. The monoisotopic (exact) mass is 666 g/mol. The number of hydrogen-bond acceptors (Lipinski definition) is 9. The number of benzene rings is 1. The molecular formula is C34H39ClN4O6S. The molecule has 1 saturated carbocycles. The summed E-state index contributed by atoms with van der Waals surface area (Å²) in [5, 5.41) is 3.70. The first-order chi connectivity index (χ1) is 22.1. The fraction of sp³-hybridized carbons (Fsp3) is 0.500. The number of pyridine rings is 1. The van der Waals surface area contributed by atoms with Crippen LogP contribution in [0.2, 0.25) is 5.02 Å². The Labute approximate surface area is 277 Å². The maximum atomic E-state index is 14.1. The van der Waals surface area contributed by atoms with Crippen molar-refractivity contribution in [3.63, 3.8) is 0 Å². The Hall–Kier alpha value is -3.70. The van der Waals surface area contributed by atoms with Crippen LogP contribution in [0.3, 0.4) is 0 Å². The zero-order chi connectivity index (χ0) is 32.6. The third kappa shape index (κ3) is 6.19. The summed E-state index contributed by atoms with van der Waals surface area (Å²) >= 11 is 8.21. The van der Waals surface area contributed by atoms with Crippen LogP contribution in [-0.4, -0.2) is 83.6 Å². The highest BCUT2D eigenvalue weighted by molar-refractivity contribution is 7.13. The number of halogens is 1. The van der Waals surface area contributed by atoms with E-state index in [9.17, 15) is 14.4 Å². The molecule has 12 heteroatoms. The number of carbonyl (C=O) groups is 3. The van der Waals surface area contributed by atoms with Gasteiger partial charge in [-0.3, -0.25) is 14.4 Å². The van der Waals surface area contributed by atoms with E-state index in [2.05, 4.69) is 17.1 Å². The van der Waals surface area contributed by atoms with Crippen molar-refractivity contribution >= 4 is 51.6 Å². The highest BCUT2D eigenvalue weighted by Gasteiger charge is 2.61. The zero-order valence-electron chi connectivity index (χ0n) is 26.6. The summed E-state index contributed by atoms with van der Waals surface area (Å²) in [5.74, 6) is 0.234. The van der Waals surface area contributed by atoms with Gasteiger partial charge in [0.25, 0.3) is 0 Å². The van der Waals surface area contributed by atoms with E-state index in [1.807, 2.05) is 24.4 Å². The summed E-state index contributed by atoms with van der Waals surface area (Å²) in [4.78, 5) is 53.8. The number of methoxy groups -OCH3 is 1. The molecule has 46 heavy (non-hydrogen) atoms. The smallest absolute Gasteiger partial charge is 0.313 e. The average Bonchev–Trinajstić information content (AvgIpc) is 3.32. The van der Waals surface area contributed by atoms with Crippen molar-refractivity contribution in [2.24, 2.45) is 11.3 Å². The molecule has 6 rings (SSSR count). The van der Waals surface area contributed by atoms with E-state index in [1.54, 1.807) is 36.9 Å². The van der Waals surface area contributed by atoms with Crippen molar-refractivity contribution in [2.45, 2.75) is 64.5 Å². The summed E-state index contributed by atoms with van der Waals surface area (Å²) in [7, 11) is 3.33. The molecule has 3 aromatic rings. The summed E-state index contributed by atoms with van der Waals surface area (Å²) in [5.41, 5.74) is 1.09. The van der Waals surface area contributed by atoms with Gasteiger partial charge in [0.1, 0.15) is 39.4 Å². The average molecular weight is 667 g/mol. The molecule has 4 heterocycles. The normalized spacial score (nSPS) is 25.9. The zero-order valence-corrected chi connectivity index (χ0v) is 28.2.